The molecule has 0 bridgehead atoms. The molecule has 0 saturated heterocycles. The van der Waals surface area contributed by atoms with E-state index in [9.17, 15) is 9.59 Å². The first-order valence-corrected chi connectivity index (χ1v) is 10.4. The Morgan fingerprint density at radius 2 is 2.03 bits per heavy atom. The molecule has 0 radical (unpaired) electrons. The number of rotatable bonds is 9. The van der Waals surface area contributed by atoms with Crippen LogP contribution in [0.2, 0.25) is 5.02 Å². The second kappa shape index (κ2) is 11.4. The molecule has 0 aliphatic heterocycles. The maximum Gasteiger partial charge on any atom is 0.331 e. The lowest BCUT2D eigenvalue weighted by Crippen LogP contribution is -2.20. The summed E-state index contributed by atoms with van der Waals surface area (Å²) in [4.78, 5) is 24.9. The summed E-state index contributed by atoms with van der Waals surface area (Å²) in [6.07, 6.45) is 4.69. The third-order valence-corrected chi connectivity index (χ3v) is 4.65. The highest BCUT2D eigenvalue weighted by molar-refractivity contribution is 7.98. The van der Waals surface area contributed by atoms with Crippen LogP contribution in [0.1, 0.15) is 12.5 Å². The molecule has 0 fully saturated rings. The minimum Gasteiger partial charge on any atom is -0.491 e. The van der Waals surface area contributed by atoms with E-state index in [1.165, 1.54) is 19.3 Å². The molecular formula is C21H22ClNO5S. The van der Waals surface area contributed by atoms with Crippen LogP contribution in [0.15, 0.2) is 47.4 Å². The molecule has 0 unspecified atom stereocenters. The third kappa shape index (κ3) is 7.03. The van der Waals surface area contributed by atoms with E-state index in [-0.39, 0.29) is 6.61 Å². The van der Waals surface area contributed by atoms with Gasteiger partial charge in [0.05, 0.1) is 18.7 Å². The van der Waals surface area contributed by atoms with Gasteiger partial charge in [0.25, 0.3) is 5.91 Å². The number of carbonyl (C=O) groups is 2. The quantitative estimate of drug-likeness (QED) is 0.350. The van der Waals surface area contributed by atoms with Crippen LogP contribution in [-0.4, -0.2) is 38.5 Å². The summed E-state index contributed by atoms with van der Waals surface area (Å²) in [6, 6.07) is 10.7. The van der Waals surface area contributed by atoms with E-state index in [1.54, 1.807) is 30.0 Å². The zero-order valence-corrected chi connectivity index (χ0v) is 17.9. The molecule has 1 N–H and O–H groups in total. The van der Waals surface area contributed by atoms with Gasteiger partial charge in [-0.25, -0.2) is 4.79 Å². The topological polar surface area (TPSA) is 73.9 Å². The number of carbonyl (C=O) groups excluding carboxylic acids is 2. The SMILES string of the molecule is CCOc1cc(C=CC(=O)OCC(=O)Nc2cccc(SC)c2)cc(Cl)c1OC. The van der Waals surface area contributed by atoms with Crippen molar-refractivity contribution in [2.75, 3.05) is 31.9 Å². The molecule has 8 heteroatoms. The molecule has 6 nitrogen and oxygen atoms in total. The van der Waals surface area contributed by atoms with Crippen molar-refractivity contribution in [3.8, 4) is 11.5 Å². The van der Waals surface area contributed by atoms with E-state index in [1.807, 2.05) is 31.4 Å². The highest BCUT2D eigenvalue weighted by Crippen LogP contribution is 2.36. The van der Waals surface area contributed by atoms with E-state index in [2.05, 4.69) is 5.32 Å². The number of thioether (sulfide) groups is 1. The molecule has 2 aromatic rings. The Labute approximate surface area is 179 Å². The molecule has 154 valence electrons. The minimum atomic E-state index is -0.650. The fourth-order valence-electron chi connectivity index (χ4n) is 2.39. The summed E-state index contributed by atoms with van der Waals surface area (Å²) in [6.45, 7) is 1.90. The van der Waals surface area contributed by atoms with E-state index < -0.39 is 11.9 Å². The lowest BCUT2D eigenvalue weighted by Gasteiger charge is -2.11. The van der Waals surface area contributed by atoms with Crippen LogP contribution in [0.3, 0.4) is 0 Å². The number of methoxy groups -OCH3 is 1. The van der Waals surface area contributed by atoms with Crippen molar-refractivity contribution >= 4 is 47.0 Å². The van der Waals surface area contributed by atoms with Crippen molar-refractivity contribution in [2.24, 2.45) is 0 Å². The molecule has 2 rings (SSSR count). The van der Waals surface area contributed by atoms with Crippen LogP contribution in [0.25, 0.3) is 6.08 Å². The van der Waals surface area contributed by atoms with Crippen LogP contribution in [0.4, 0.5) is 5.69 Å². The van der Waals surface area contributed by atoms with Gasteiger partial charge in [-0.3, -0.25) is 4.79 Å². The summed E-state index contributed by atoms with van der Waals surface area (Å²) in [7, 11) is 1.50. The van der Waals surface area contributed by atoms with E-state index in [0.29, 0.717) is 34.4 Å². The average Bonchev–Trinajstić information content (AvgIpc) is 2.71. The zero-order chi connectivity index (χ0) is 21.2. The number of hydrogen-bond donors (Lipinski definition) is 1. The molecular weight excluding hydrogens is 414 g/mol. The monoisotopic (exact) mass is 435 g/mol. The Hall–Kier alpha value is -2.64. The Morgan fingerprint density at radius 3 is 2.72 bits per heavy atom. The first-order chi connectivity index (χ1) is 14.0. The number of halogens is 1. The second-order valence-electron chi connectivity index (χ2n) is 5.69. The van der Waals surface area contributed by atoms with Crippen LogP contribution >= 0.6 is 23.4 Å². The van der Waals surface area contributed by atoms with Gasteiger partial charge in [-0.15, -0.1) is 11.8 Å². The van der Waals surface area contributed by atoms with Gasteiger partial charge in [0.1, 0.15) is 0 Å². The van der Waals surface area contributed by atoms with Crippen molar-refractivity contribution in [3.63, 3.8) is 0 Å². The molecule has 0 aliphatic carbocycles. The van der Waals surface area contributed by atoms with Crippen LogP contribution in [-0.2, 0) is 14.3 Å². The van der Waals surface area contributed by atoms with Gasteiger partial charge in [0, 0.05) is 16.7 Å². The van der Waals surface area contributed by atoms with E-state index in [0.717, 1.165) is 4.90 Å². The van der Waals surface area contributed by atoms with Gasteiger partial charge < -0.3 is 19.5 Å². The molecule has 0 heterocycles. The number of anilines is 1. The molecule has 0 saturated carbocycles. The first kappa shape index (κ1) is 22.6. The largest absolute Gasteiger partial charge is 0.491 e. The number of hydrogen-bond acceptors (Lipinski definition) is 6. The van der Waals surface area contributed by atoms with Gasteiger partial charge >= 0.3 is 5.97 Å². The fraction of sp³-hybridized carbons (Fsp3) is 0.238. The summed E-state index contributed by atoms with van der Waals surface area (Å²) in [5, 5.41) is 3.05. The summed E-state index contributed by atoms with van der Waals surface area (Å²) < 4.78 is 15.7. The lowest BCUT2D eigenvalue weighted by atomic mass is 10.2. The first-order valence-electron chi connectivity index (χ1n) is 8.75. The van der Waals surface area contributed by atoms with E-state index in [4.69, 9.17) is 25.8 Å². The van der Waals surface area contributed by atoms with Gasteiger partial charge in [-0.2, -0.15) is 0 Å². The zero-order valence-electron chi connectivity index (χ0n) is 16.4. The maximum atomic E-state index is 12.0. The van der Waals surface area contributed by atoms with Crippen molar-refractivity contribution in [1.29, 1.82) is 0 Å². The van der Waals surface area contributed by atoms with Gasteiger partial charge in [0.2, 0.25) is 0 Å². The lowest BCUT2D eigenvalue weighted by molar-refractivity contribution is -0.142. The Kier molecular flexibility index (Phi) is 8.89. The highest BCUT2D eigenvalue weighted by Gasteiger charge is 2.11. The van der Waals surface area contributed by atoms with Crippen LogP contribution in [0.5, 0.6) is 11.5 Å². The minimum absolute atomic E-state index is 0.360. The van der Waals surface area contributed by atoms with Crippen LogP contribution in [0, 0.1) is 0 Å². The number of esters is 1. The van der Waals surface area contributed by atoms with Gasteiger partial charge in [-0.05, 0) is 55.2 Å². The normalized spacial score (nSPS) is 10.6. The number of benzene rings is 2. The number of ether oxygens (including phenoxy) is 3. The summed E-state index contributed by atoms with van der Waals surface area (Å²) >= 11 is 7.75. The second-order valence-corrected chi connectivity index (χ2v) is 6.98. The van der Waals surface area contributed by atoms with Crippen molar-refractivity contribution < 1.29 is 23.8 Å². The average molecular weight is 436 g/mol. The molecule has 0 spiro atoms. The van der Waals surface area contributed by atoms with Gasteiger partial charge in [-0.1, -0.05) is 17.7 Å². The van der Waals surface area contributed by atoms with Crippen molar-refractivity contribution in [2.45, 2.75) is 11.8 Å². The smallest absolute Gasteiger partial charge is 0.331 e. The molecule has 0 aliphatic rings. The molecule has 0 atom stereocenters. The summed E-state index contributed by atoms with van der Waals surface area (Å²) in [5.74, 6) is -0.170. The van der Waals surface area contributed by atoms with Crippen LogP contribution < -0.4 is 14.8 Å². The number of nitrogens with one attached hydrogen (secondary N) is 1. The van der Waals surface area contributed by atoms with Gasteiger partial charge in [0.15, 0.2) is 18.1 Å². The molecule has 0 aromatic heterocycles. The standard InChI is InChI=1S/C21H22ClNO5S/c1-4-27-18-11-14(10-17(22)21(18)26-2)8-9-20(25)28-13-19(24)23-15-6-5-7-16(12-15)29-3/h5-12H,4,13H2,1-3H3,(H,23,24). The Balaban J connectivity index is 1.93. The molecule has 2 aromatic carbocycles. The highest BCUT2D eigenvalue weighted by atomic mass is 35.5. The fourth-order valence-corrected chi connectivity index (χ4v) is 3.15. The van der Waals surface area contributed by atoms with E-state index >= 15 is 0 Å². The molecule has 29 heavy (non-hydrogen) atoms. The predicted molar refractivity (Wildman–Crippen MR) is 116 cm³/mol. The summed E-state index contributed by atoms with van der Waals surface area (Å²) in [5.41, 5.74) is 1.28. The molecule has 1 amide bonds. The predicted octanol–water partition coefficient (Wildman–Crippen LogP) is 4.66. The Bertz CT molecular complexity index is 901. The number of amides is 1. The Morgan fingerprint density at radius 1 is 1.24 bits per heavy atom. The maximum absolute atomic E-state index is 12.0. The van der Waals surface area contributed by atoms with Crippen molar-refractivity contribution in [3.05, 3.63) is 53.1 Å². The van der Waals surface area contributed by atoms with Crippen molar-refractivity contribution in [1.82, 2.24) is 0 Å². The third-order valence-electron chi connectivity index (χ3n) is 3.65.